The fraction of sp³-hybridized carbons (Fsp3) is 0.500. The van der Waals surface area contributed by atoms with Gasteiger partial charge in [-0.05, 0) is 34.6 Å². The summed E-state index contributed by atoms with van der Waals surface area (Å²) in [5.41, 5.74) is 0.889. The van der Waals surface area contributed by atoms with Gasteiger partial charge in [0.05, 0.1) is 6.54 Å². The van der Waals surface area contributed by atoms with E-state index in [1.807, 2.05) is 24.3 Å². The van der Waals surface area contributed by atoms with E-state index >= 15 is 0 Å². The van der Waals surface area contributed by atoms with Crippen LogP contribution in [0.1, 0.15) is 6.92 Å². The molecular formula is C12H16BrF3N2. The van der Waals surface area contributed by atoms with Crippen molar-refractivity contribution >= 4 is 21.6 Å². The molecule has 0 bridgehead atoms. The number of anilines is 1. The van der Waals surface area contributed by atoms with Crippen molar-refractivity contribution in [2.75, 3.05) is 31.5 Å². The molecule has 0 saturated heterocycles. The monoisotopic (exact) mass is 324 g/mol. The van der Waals surface area contributed by atoms with E-state index in [1.165, 1.54) is 4.90 Å². The molecule has 102 valence electrons. The van der Waals surface area contributed by atoms with Crippen LogP contribution >= 0.6 is 15.9 Å². The molecule has 2 nitrogen and oxygen atoms in total. The molecule has 1 N–H and O–H groups in total. The number of alkyl halides is 3. The van der Waals surface area contributed by atoms with Crippen molar-refractivity contribution in [3.8, 4) is 0 Å². The lowest BCUT2D eigenvalue weighted by atomic mass is 10.3. The molecule has 0 aliphatic heterocycles. The number of benzene rings is 1. The summed E-state index contributed by atoms with van der Waals surface area (Å²) in [5.74, 6) is 0. The summed E-state index contributed by atoms with van der Waals surface area (Å²) in [6.07, 6.45) is -4.14. The minimum absolute atomic E-state index is 0.358. The number of hydrogen-bond donors (Lipinski definition) is 1. The number of rotatable bonds is 6. The largest absolute Gasteiger partial charge is 0.401 e. The van der Waals surface area contributed by atoms with Crippen LogP contribution in [0.25, 0.3) is 0 Å². The van der Waals surface area contributed by atoms with Gasteiger partial charge in [-0.25, -0.2) is 0 Å². The topological polar surface area (TPSA) is 15.3 Å². The van der Waals surface area contributed by atoms with Crippen molar-refractivity contribution in [2.24, 2.45) is 0 Å². The Bertz CT molecular complexity index is 369. The van der Waals surface area contributed by atoms with Gasteiger partial charge in [-0.15, -0.1) is 0 Å². The van der Waals surface area contributed by atoms with E-state index in [1.54, 1.807) is 6.92 Å². The van der Waals surface area contributed by atoms with Crippen molar-refractivity contribution in [3.63, 3.8) is 0 Å². The first-order valence-electron chi connectivity index (χ1n) is 5.70. The Labute approximate surface area is 113 Å². The normalized spacial score (nSPS) is 11.9. The molecule has 0 amide bonds. The van der Waals surface area contributed by atoms with Crippen LogP contribution in [0.4, 0.5) is 18.9 Å². The lowest BCUT2D eigenvalue weighted by Gasteiger charge is -2.22. The van der Waals surface area contributed by atoms with Gasteiger partial charge in [0.2, 0.25) is 0 Å². The molecule has 0 unspecified atom stereocenters. The van der Waals surface area contributed by atoms with Gasteiger partial charge in [-0.2, -0.15) is 13.2 Å². The van der Waals surface area contributed by atoms with Crippen molar-refractivity contribution in [1.29, 1.82) is 0 Å². The number of para-hydroxylation sites is 1. The third-order valence-corrected chi connectivity index (χ3v) is 3.16. The maximum Gasteiger partial charge on any atom is 0.401 e. The molecule has 0 atom stereocenters. The van der Waals surface area contributed by atoms with Crippen LogP contribution in [0, 0.1) is 0 Å². The van der Waals surface area contributed by atoms with E-state index in [0.717, 1.165) is 10.2 Å². The van der Waals surface area contributed by atoms with Gasteiger partial charge in [0.15, 0.2) is 0 Å². The highest BCUT2D eigenvalue weighted by Gasteiger charge is 2.29. The van der Waals surface area contributed by atoms with Crippen molar-refractivity contribution in [3.05, 3.63) is 28.7 Å². The van der Waals surface area contributed by atoms with Gasteiger partial charge in [0.1, 0.15) is 0 Å². The summed E-state index contributed by atoms with van der Waals surface area (Å²) < 4.78 is 37.6. The Morgan fingerprint density at radius 3 is 2.50 bits per heavy atom. The summed E-state index contributed by atoms with van der Waals surface area (Å²) >= 11 is 3.37. The number of nitrogens with one attached hydrogen (secondary N) is 1. The van der Waals surface area contributed by atoms with Crippen LogP contribution in [-0.2, 0) is 0 Å². The zero-order valence-electron chi connectivity index (χ0n) is 10.1. The average Bonchev–Trinajstić information content (AvgIpc) is 2.28. The molecule has 0 saturated carbocycles. The molecule has 6 heteroatoms. The minimum Gasteiger partial charge on any atom is -0.383 e. The molecule has 1 aromatic rings. The predicted molar refractivity (Wildman–Crippen MR) is 70.8 cm³/mol. The Morgan fingerprint density at radius 1 is 1.28 bits per heavy atom. The molecule has 0 fully saturated rings. The molecular weight excluding hydrogens is 309 g/mol. The number of likely N-dealkylation sites (N-methyl/N-ethyl adjacent to an activating group) is 1. The van der Waals surface area contributed by atoms with E-state index in [4.69, 9.17) is 0 Å². The lowest BCUT2D eigenvalue weighted by Crippen LogP contribution is -2.37. The molecule has 1 aromatic carbocycles. The van der Waals surface area contributed by atoms with Gasteiger partial charge in [0, 0.05) is 23.2 Å². The Morgan fingerprint density at radius 2 is 1.94 bits per heavy atom. The van der Waals surface area contributed by atoms with E-state index in [0.29, 0.717) is 19.6 Å². The molecule has 0 aliphatic rings. The lowest BCUT2D eigenvalue weighted by molar-refractivity contribution is -0.145. The van der Waals surface area contributed by atoms with Crippen LogP contribution in [0.3, 0.4) is 0 Å². The molecule has 0 radical (unpaired) electrons. The van der Waals surface area contributed by atoms with Crippen molar-refractivity contribution < 1.29 is 13.2 Å². The SMILES string of the molecule is CCN(CCNc1ccccc1Br)CC(F)(F)F. The smallest absolute Gasteiger partial charge is 0.383 e. The third-order valence-electron chi connectivity index (χ3n) is 2.47. The van der Waals surface area contributed by atoms with E-state index in [2.05, 4.69) is 21.2 Å². The van der Waals surface area contributed by atoms with Crippen molar-refractivity contribution in [2.45, 2.75) is 13.1 Å². The summed E-state index contributed by atoms with van der Waals surface area (Å²) in [7, 11) is 0. The highest BCUT2D eigenvalue weighted by Crippen LogP contribution is 2.21. The second-order valence-electron chi connectivity index (χ2n) is 3.89. The molecule has 0 heterocycles. The first kappa shape index (κ1) is 15.3. The quantitative estimate of drug-likeness (QED) is 0.857. The summed E-state index contributed by atoms with van der Waals surface area (Å²) in [5, 5.41) is 3.11. The Hall–Kier alpha value is -0.750. The van der Waals surface area contributed by atoms with Crippen LogP contribution in [-0.4, -0.2) is 37.3 Å². The molecule has 0 aliphatic carbocycles. The second-order valence-corrected chi connectivity index (χ2v) is 4.74. The zero-order chi connectivity index (χ0) is 13.6. The standard InChI is InChI=1S/C12H16BrF3N2/c1-2-18(9-12(14,15)16)8-7-17-11-6-4-3-5-10(11)13/h3-6,17H,2,7-9H2,1H3. The van der Waals surface area contributed by atoms with Crippen LogP contribution in [0.2, 0.25) is 0 Å². The first-order valence-corrected chi connectivity index (χ1v) is 6.49. The summed E-state index contributed by atoms with van der Waals surface area (Å²) in [4.78, 5) is 1.36. The van der Waals surface area contributed by atoms with E-state index < -0.39 is 12.7 Å². The zero-order valence-corrected chi connectivity index (χ0v) is 11.7. The van der Waals surface area contributed by atoms with Gasteiger partial charge in [-0.1, -0.05) is 19.1 Å². The Kier molecular flexibility index (Phi) is 5.95. The van der Waals surface area contributed by atoms with Crippen LogP contribution in [0.5, 0.6) is 0 Å². The Balaban J connectivity index is 2.38. The molecule has 18 heavy (non-hydrogen) atoms. The van der Waals surface area contributed by atoms with E-state index in [-0.39, 0.29) is 0 Å². The third kappa shape index (κ3) is 5.73. The highest BCUT2D eigenvalue weighted by molar-refractivity contribution is 9.10. The molecule has 1 rings (SSSR count). The average molecular weight is 325 g/mol. The summed E-state index contributed by atoms with van der Waals surface area (Å²) in [6, 6.07) is 7.53. The maximum atomic E-state index is 12.2. The highest BCUT2D eigenvalue weighted by atomic mass is 79.9. The molecule has 0 spiro atoms. The van der Waals surface area contributed by atoms with E-state index in [9.17, 15) is 13.2 Å². The van der Waals surface area contributed by atoms with Gasteiger partial charge in [-0.3, -0.25) is 4.90 Å². The number of hydrogen-bond acceptors (Lipinski definition) is 2. The fourth-order valence-electron chi connectivity index (χ4n) is 1.56. The van der Waals surface area contributed by atoms with Gasteiger partial charge < -0.3 is 5.32 Å². The molecule has 0 aromatic heterocycles. The first-order chi connectivity index (χ1) is 8.42. The van der Waals surface area contributed by atoms with Gasteiger partial charge in [0.25, 0.3) is 0 Å². The predicted octanol–water partition coefficient (Wildman–Crippen LogP) is 3.75. The van der Waals surface area contributed by atoms with Crippen LogP contribution in [0.15, 0.2) is 28.7 Å². The van der Waals surface area contributed by atoms with Gasteiger partial charge >= 0.3 is 6.18 Å². The minimum atomic E-state index is -4.14. The summed E-state index contributed by atoms with van der Waals surface area (Å²) in [6.45, 7) is 2.09. The van der Waals surface area contributed by atoms with Crippen LogP contribution < -0.4 is 5.32 Å². The number of nitrogens with zero attached hydrogens (tertiary/aromatic N) is 1. The number of halogens is 4. The second kappa shape index (κ2) is 6.99. The maximum absolute atomic E-state index is 12.2. The fourth-order valence-corrected chi connectivity index (χ4v) is 1.98. The van der Waals surface area contributed by atoms with Crippen molar-refractivity contribution in [1.82, 2.24) is 4.90 Å².